The first-order chi connectivity index (χ1) is 11.1. The molecule has 0 atom stereocenters. The van der Waals surface area contributed by atoms with Gasteiger partial charge >= 0.3 is 0 Å². The molecule has 1 N–H and O–H groups in total. The Morgan fingerprint density at radius 3 is 2.30 bits per heavy atom. The van der Waals surface area contributed by atoms with Crippen molar-refractivity contribution >= 4 is 23.4 Å². The van der Waals surface area contributed by atoms with Crippen molar-refractivity contribution in [3.8, 4) is 0 Å². The van der Waals surface area contributed by atoms with E-state index in [-0.39, 0.29) is 11.8 Å². The van der Waals surface area contributed by atoms with Crippen LogP contribution >= 0.6 is 11.6 Å². The van der Waals surface area contributed by atoms with Crippen molar-refractivity contribution in [2.45, 2.75) is 19.3 Å². The Morgan fingerprint density at radius 2 is 1.70 bits per heavy atom. The number of nitrogens with zero attached hydrogens (tertiary/aromatic N) is 3. The van der Waals surface area contributed by atoms with E-state index in [1.807, 2.05) is 9.80 Å². The number of hydrogen-bond donors (Lipinski definition) is 1. The summed E-state index contributed by atoms with van der Waals surface area (Å²) in [6.45, 7) is 5.01. The second kappa shape index (κ2) is 7.36. The van der Waals surface area contributed by atoms with E-state index in [0.717, 1.165) is 39.0 Å². The molecule has 0 bridgehead atoms. The molecule has 0 unspecified atom stereocenters. The molecule has 7 heteroatoms. The number of rotatable bonds is 3. The van der Waals surface area contributed by atoms with Gasteiger partial charge in [-0.2, -0.15) is 0 Å². The fourth-order valence-electron chi connectivity index (χ4n) is 3.21. The molecule has 3 rings (SSSR count). The van der Waals surface area contributed by atoms with E-state index in [1.165, 1.54) is 6.42 Å². The third-order valence-corrected chi connectivity index (χ3v) is 4.82. The summed E-state index contributed by atoms with van der Waals surface area (Å²) in [5.41, 5.74) is 0.521. The lowest BCUT2D eigenvalue weighted by molar-refractivity contribution is -0.133. The summed E-state index contributed by atoms with van der Waals surface area (Å²) in [5, 5.41) is 0.541. The van der Waals surface area contributed by atoms with Gasteiger partial charge in [0, 0.05) is 45.5 Å². The lowest BCUT2D eigenvalue weighted by Crippen LogP contribution is -2.52. The van der Waals surface area contributed by atoms with Crippen molar-refractivity contribution in [3.05, 3.63) is 23.0 Å². The minimum absolute atomic E-state index is 0.0288. The van der Waals surface area contributed by atoms with Crippen molar-refractivity contribution in [3.63, 3.8) is 0 Å². The Morgan fingerprint density at radius 1 is 1.00 bits per heavy atom. The lowest BCUT2D eigenvalue weighted by atomic mass is 10.1. The summed E-state index contributed by atoms with van der Waals surface area (Å²) in [4.78, 5) is 33.4. The largest absolute Gasteiger partial charge is 0.356 e. The van der Waals surface area contributed by atoms with Crippen LogP contribution in [0.25, 0.3) is 0 Å². The van der Waals surface area contributed by atoms with Gasteiger partial charge in [-0.05, 0) is 25.3 Å². The summed E-state index contributed by atoms with van der Waals surface area (Å²) in [5.74, 6) is 0.194. The van der Waals surface area contributed by atoms with E-state index >= 15 is 0 Å². The number of hydrogen-bond acceptors (Lipinski definition) is 3. The van der Waals surface area contributed by atoms with E-state index < -0.39 is 0 Å². The second-order valence-corrected chi connectivity index (χ2v) is 6.68. The molecule has 0 aliphatic carbocycles. The third-order valence-electron chi connectivity index (χ3n) is 4.61. The van der Waals surface area contributed by atoms with Crippen LogP contribution in [0.5, 0.6) is 0 Å². The quantitative estimate of drug-likeness (QED) is 0.907. The summed E-state index contributed by atoms with van der Waals surface area (Å²) in [6.07, 6.45) is 5.08. The van der Waals surface area contributed by atoms with Crippen LogP contribution in [-0.2, 0) is 4.79 Å². The smallest absolute Gasteiger partial charge is 0.270 e. The third kappa shape index (κ3) is 4.06. The number of carbonyl (C=O) groups excluding carboxylic acids is 2. The molecule has 0 spiro atoms. The topological polar surface area (TPSA) is 59.7 Å². The highest BCUT2D eigenvalue weighted by molar-refractivity contribution is 6.30. The Bertz CT molecular complexity index is 560. The Hall–Kier alpha value is -1.53. The van der Waals surface area contributed by atoms with Crippen LogP contribution < -0.4 is 0 Å². The Labute approximate surface area is 141 Å². The number of nitrogens with one attached hydrogen (secondary N) is 1. The maximum Gasteiger partial charge on any atom is 0.270 e. The molecule has 0 aromatic carbocycles. The zero-order chi connectivity index (χ0) is 16.2. The molecule has 2 saturated heterocycles. The predicted molar refractivity (Wildman–Crippen MR) is 88.6 cm³/mol. The van der Waals surface area contributed by atoms with Gasteiger partial charge in [0.05, 0.1) is 11.6 Å². The molecule has 2 amide bonds. The number of amides is 2. The molecule has 126 valence electrons. The normalized spacial score (nSPS) is 19.9. The first-order valence-electron chi connectivity index (χ1n) is 8.27. The Balaban J connectivity index is 1.46. The average molecular weight is 339 g/mol. The number of aromatic nitrogens is 1. The summed E-state index contributed by atoms with van der Waals surface area (Å²) < 4.78 is 0. The number of H-pyrrole nitrogens is 1. The highest BCUT2D eigenvalue weighted by atomic mass is 35.5. The number of carbonyl (C=O) groups is 2. The number of piperazine rings is 1. The Kier molecular flexibility index (Phi) is 5.23. The zero-order valence-electron chi connectivity index (χ0n) is 13.3. The van der Waals surface area contributed by atoms with Gasteiger partial charge in [0.25, 0.3) is 5.91 Å². The summed E-state index contributed by atoms with van der Waals surface area (Å²) >= 11 is 5.85. The molecular weight excluding hydrogens is 316 g/mol. The van der Waals surface area contributed by atoms with E-state index in [1.54, 1.807) is 12.3 Å². The number of likely N-dealkylation sites (tertiary alicyclic amines) is 1. The number of halogens is 1. The van der Waals surface area contributed by atoms with Crippen LogP contribution in [0.4, 0.5) is 0 Å². The standard InChI is InChI=1S/C16H23ClN4O2/c17-13-10-14(18-11-13)16(23)21-8-6-19(7-9-21)12-15(22)20-4-2-1-3-5-20/h10-11,18H,1-9,12H2. The van der Waals surface area contributed by atoms with Crippen molar-refractivity contribution in [2.24, 2.45) is 0 Å². The predicted octanol–water partition coefficient (Wildman–Crippen LogP) is 1.44. The summed E-state index contributed by atoms with van der Waals surface area (Å²) in [6, 6.07) is 1.65. The van der Waals surface area contributed by atoms with Gasteiger partial charge in [0.2, 0.25) is 5.91 Å². The van der Waals surface area contributed by atoms with Crippen LogP contribution in [0.15, 0.2) is 12.3 Å². The first kappa shape index (κ1) is 16.3. The van der Waals surface area contributed by atoms with Crippen molar-refractivity contribution < 1.29 is 9.59 Å². The fraction of sp³-hybridized carbons (Fsp3) is 0.625. The lowest BCUT2D eigenvalue weighted by Gasteiger charge is -2.35. The number of piperidine rings is 1. The highest BCUT2D eigenvalue weighted by Gasteiger charge is 2.25. The number of aromatic amines is 1. The molecular formula is C16H23ClN4O2. The van der Waals surface area contributed by atoms with Crippen molar-refractivity contribution in [1.82, 2.24) is 19.7 Å². The average Bonchev–Trinajstić information content (AvgIpc) is 3.02. The van der Waals surface area contributed by atoms with Crippen molar-refractivity contribution in [2.75, 3.05) is 45.8 Å². The second-order valence-electron chi connectivity index (χ2n) is 6.24. The van der Waals surface area contributed by atoms with Crippen LogP contribution in [-0.4, -0.2) is 77.3 Å². The van der Waals surface area contributed by atoms with Crippen LogP contribution in [0.1, 0.15) is 29.8 Å². The van der Waals surface area contributed by atoms with Gasteiger partial charge in [-0.15, -0.1) is 0 Å². The van der Waals surface area contributed by atoms with Crippen LogP contribution in [0.2, 0.25) is 5.02 Å². The van der Waals surface area contributed by atoms with Gasteiger partial charge in [-0.1, -0.05) is 11.6 Å². The molecule has 2 fully saturated rings. The van der Waals surface area contributed by atoms with Crippen LogP contribution in [0.3, 0.4) is 0 Å². The SMILES string of the molecule is O=C(CN1CCN(C(=O)c2cc(Cl)c[nH]2)CC1)N1CCCCC1. The van der Waals surface area contributed by atoms with E-state index in [0.29, 0.717) is 30.4 Å². The molecule has 2 aliphatic heterocycles. The van der Waals surface area contributed by atoms with Crippen molar-refractivity contribution in [1.29, 1.82) is 0 Å². The van der Waals surface area contributed by atoms with Gasteiger partial charge in [0.15, 0.2) is 0 Å². The van der Waals surface area contributed by atoms with E-state index in [2.05, 4.69) is 9.88 Å². The molecule has 2 aliphatic rings. The molecule has 0 radical (unpaired) electrons. The van der Waals surface area contributed by atoms with E-state index in [4.69, 9.17) is 11.6 Å². The molecule has 1 aromatic heterocycles. The maximum atomic E-state index is 12.3. The molecule has 3 heterocycles. The van der Waals surface area contributed by atoms with E-state index in [9.17, 15) is 9.59 Å². The van der Waals surface area contributed by atoms with Crippen LogP contribution in [0, 0.1) is 0 Å². The molecule has 1 aromatic rings. The van der Waals surface area contributed by atoms with Gasteiger partial charge < -0.3 is 14.8 Å². The fourth-order valence-corrected chi connectivity index (χ4v) is 3.37. The van der Waals surface area contributed by atoms with Gasteiger partial charge in [-0.3, -0.25) is 14.5 Å². The first-order valence-corrected chi connectivity index (χ1v) is 8.64. The maximum absolute atomic E-state index is 12.3. The minimum Gasteiger partial charge on any atom is -0.356 e. The molecule has 23 heavy (non-hydrogen) atoms. The monoisotopic (exact) mass is 338 g/mol. The summed E-state index contributed by atoms with van der Waals surface area (Å²) in [7, 11) is 0. The highest BCUT2D eigenvalue weighted by Crippen LogP contribution is 2.14. The zero-order valence-corrected chi connectivity index (χ0v) is 14.0. The molecule has 0 saturated carbocycles. The minimum atomic E-state index is -0.0288. The van der Waals surface area contributed by atoms with Gasteiger partial charge in [-0.25, -0.2) is 0 Å². The van der Waals surface area contributed by atoms with Gasteiger partial charge in [0.1, 0.15) is 5.69 Å². The molecule has 6 nitrogen and oxygen atoms in total.